The van der Waals surface area contributed by atoms with Crippen molar-refractivity contribution in [3.8, 4) is 17.2 Å². The second-order valence-corrected chi connectivity index (χ2v) is 9.99. The Morgan fingerprint density at radius 2 is 1.65 bits per heavy atom. The van der Waals surface area contributed by atoms with E-state index in [1.165, 1.54) is 0 Å². The highest BCUT2D eigenvalue weighted by atomic mass is 16.2. The molecule has 0 aliphatic rings. The number of carbonyl (C=O) groups is 1. The molecule has 2 aromatic heterocycles. The first-order valence-corrected chi connectivity index (χ1v) is 12.3. The number of nitrogens with one attached hydrogen (secondary N) is 1. The second-order valence-electron chi connectivity index (χ2n) is 9.99. The Bertz CT molecular complexity index is 1600. The van der Waals surface area contributed by atoms with E-state index >= 15 is 0 Å². The van der Waals surface area contributed by atoms with Crippen LogP contribution in [0, 0.1) is 23.7 Å². The zero-order valence-corrected chi connectivity index (χ0v) is 21.8. The first-order chi connectivity index (χ1) is 17.6. The van der Waals surface area contributed by atoms with E-state index in [1.807, 2.05) is 89.2 Å². The molecule has 6 nitrogen and oxygen atoms in total. The summed E-state index contributed by atoms with van der Waals surface area (Å²) in [5.41, 5.74) is 4.01. The quantitative estimate of drug-likeness (QED) is 0.342. The largest absolute Gasteiger partial charge is 0.332 e. The Morgan fingerprint density at radius 1 is 1.00 bits per heavy atom. The molecular weight excluding hydrogens is 460 g/mol. The van der Waals surface area contributed by atoms with Gasteiger partial charge in [-0.05, 0) is 42.7 Å². The number of nitrogens with zero attached hydrogens (tertiary/aromatic N) is 3. The van der Waals surface area contributed by atoms with Gasteiger partial charge in [0.1, 0.15) is 17.3 Å². The van der Waals surface area contributed by atoms with Crippen molar-refractivity contribution >= 4 is 22.5 Å². The third-order valence-corrected chi connectivity index (χ3v) is 6.28. The molecule has 0 unspecified atom stereocenters. The van der Waals surface area contributed by atoms with Gasteiger partial charge in [-0.3, -0.25) is 9.59 Å². The maximum atomic E-state index is 13.5. The Labute approximate surface area is 216 Å². The summed E-state index contributed by atoms with van der Waals surface area (Å²) in [5, 5.41) is 13.5. The molecule has 37 heavy (non-hydrogen) atoms. The molecule has 0 fully saturated rings. The molecule has 0 saturated heterocycles. The van der Waals surface area contributed by atoms with Crippen molar-refractivity contribution in [1.82, 2.24) is 14.9 Å². The van der Waals surface area contributed by atoms with E-state index in [0.29, 0.717) is 34.4 Å². The number of aromatic nitrogens is 2. The molecule has 0 aliphatic carbocycles. The molecule has 0 spiro atoms. The van der Waals surface area contributed by atoms with Crippen molar-refractivity contribution in [3.63, 3.8) is 0 Å². The fraction of sp³-hybridized carbons (Fsp3) is 0.226. The maximum absolute atomic E-state index is 13.5. The third kappa shape index (κ3) is 5.22. The van der Waals surface area contributed by atoms with Crippen LogP contribution in [0.3, 0.4) is 0 Å². The smallest absolute Gasteiger partial charge is 0.260 e. The van der Waals surface area contributed by atoms with Gasteiger partial charge in [0.25, 0.3) is 5.91 Å². The van der Waals surface area contributed by atoms with Crippen LogP contribution in [-0.2, 0) is 6.54 Å². The molecule has 4 rings (SSSR count). The molecule has 2 aromatic carbocycles. The lowest BCUT2D eigenvalue weighted by atomic mass is 9.86. The van der Waals surface area contributed by atoms with Gasteiger partial charge in [0.15, 0.2) is 0 Å². The van der Waals surface area contributed by atoms with Gasteiger partial charge in [-0.2, -0.15) is 5.26 Å². The monoisotopic (exact) mass is 490 g/mol. The van der Waals surface area contributed by atoms with E-state index in [1.54, 1.807) is 22.9 Å². The number of amides is 1. The summed E-state index contributed by atoms with van der Waals surface area (Å²) in [5.74, 6) is -0.548. The Balaban J connectivity index is 1.78. The molecule has 186 valence electrons. The summed E-state index contributed by atoms with van der Waals surface area (Å²) in [6, 6.07) is 23.4. The lowest BCUT2D eigenvalue weighted by molar-refractivity contribution is 0.0956. The number of nitriles is 1. The van der Waals surface area contributed by atoms with E-state index < -0.39 is 11.3 Å². The van der Waals surface area contributed by atoms with E-state index in [9.17, 15) is 14.9 Å². The molecule has 4 aromatic rings. The molecular formula is C31H30N4O2. The van der Waals surface area contributed by atoms with Crippen molar-refractivity contribution in [3.05, 3.63) is 106 Å². The summed E-state index contributed by atoms with van der Waals surface area (Å²) >= 11 is 0. The van der Waals surface area contributed by atoms with Crippen LogP contribution in [0.4, 0.5) is 0 Å². The van der Waals surface area contributed by atoms with Crippen LogP contribution >= 0.6 is 0 Å². The zero-order chi connectivity index (χ0) is 26.7. The molecule has 2 heterocycles. The highest BCUT2D eigenvalue weighted by Gasteiger charge is 2.26. The average Bonchev–Trinajstić information content (AvgIpc) is 2.89. The summed E-state index contributed by atoms with van der Waals surface area (Å²) < 4.78 is 1.80. The number of allylic oxidation sites excluding steroid dienone is 2. The number of carbonyl (C=O) groups excluding carboxylic acids is 1. The van der Waals surface area contributed by atoms with Gasteiger partial charge in [-0.15, -0.1) is 0 Å². The Hall–Kier alpha value is -4.50. The van der Waals surface area contributed by atoms with E-state index in [4.69, 9.17) is 0 Å². The van der Waals surface area contributed by atoms with Gasteiger partial charge in [0, 0.05) is 29.5 Å². The number of fused-ring (bicyclic) bond motifs is 1. The highest BCUT2D eigenvalue weighted by Crippen LogP contribution is 2.32. The summed E-state index contributed by atoms with van der Waals surface area (Å²) in [4.78, 5) is 31.3. The SMILES string of the molecule is CCn1cc(C(=O)N/C(=C(/C#N)c2ccc(-c3ccccc3)cc2)C(C)(C)C)c(=O)c2ccc(C)nc21. The van der Waals surface area contributed by atoms with Crippen molar-refractivity contribution in [2.75, 3.05) is 0 Å². The summed E-state index contributed by atoms with van der Waals surface area (Å²) in [7, 11) is 0. The van der Waals surface area contributed by atoms with E-state index in [0.717, 1.165) is 16.8 Å². The number of aryl methyl sites for hydroxylation is 2. The van der Waals surface area contributed by atoms with Crippen molar-refractivity contribution < 1.29 is 4.79 Å². The van der Waals surface area contributed by atoms with Gasteiger partial charge >= 0.3 is 0 Å². The van der Waals surface area contributed by atoms with Crippen LogP contribution in [0.2, 0.25) is 0 Å². The normalized spacial score (nSPS) is 12.1. The molecule has 6 heteroatoms. The predicted octanol–water partition coefficient (Wildman–Crippen LogP) is 6.10. The van der Waals surface area contributed by atoms with Gasteiger partial charge in [-0.25, -0.2) is 4.98 Å². The van der Waals surface area contributed by atoms with E-state index in [-0.39, 0.29) is 11.0 Å². The van der Waals surface area contributed by atoms with Crippen molar-refractivity contribution in [1.29, 1.82) is 5.26 Å². The summed E-state index contributed by atoms with van der Waals surface area (Å²) in [6.07, 6.45) is 1.55. The number of hydrogen-bond donors (Lipinski definition) is 1. The van der Waals surface area contributed by atoms with Crippen molar-refractivity contribution in [2.24, 2.45) is 5.41 Å². The fourth-order valence-corrected chi connectivity index (χ4v) is 4.29. The second kappa shape index (κ2) is 10.2. The fourth-order valence-electron chi connectivity index (χ4n) is 4.29. The minimum atomic E-state index is -0.571. The minimum absolute atomic E-state index is 0.0125. The number of pyridine rings is 2. The first kappa shape index (κ1) is 25.6. The topological polar surface area (TPSA) is 87.8 Å². The van der Waals surface area contributed by atoms with Crippen LogP contribution in [-0.4, -0.2) is 15.5 Å². The lowest BCUT2D eigenvalue weighted by Gasteiger charge is -2.26. The lowest BCUT2D eigenvalue weighted by Crippen LogP contribution is -2.34. The molecule has 0 bridgehead atoms. The standard InChI is InChI=1S/C31H30N4O2/c1-6-35-19-26(27(36)24-17-12-20(2)33-29(24)35)30(37)34-28(31(3,4)5)25(18-32)23-15-13-22(14-16-23)21-10-8-7-9-11-21/h7-17,19H,6H2,1-5H3,(H,34,37)/b28-25-. The maximum Gasteiger partial charge on any atom is 0.260 e. The minimum Gasteiger partial charge on any atom is -0.332 e. The molecule has 1 N–H and O–H groups in total. The Morgan fingerprint density at radius 3 is 2.24 bits per heavy atom. The molecule has 0 saturated carbocycles. The Kier molecular flexibility index (Phi) is 7.08. The third-order valence-electron chi connectivity index (χ3n) is 6.28. The van der Waals surface area contributed by atoms with Crippen LogP contribution in [0.1, 0.15) is 49.3 Å². The molecule has 0 radical (unpaired) electrons. The summed E-state index contributed by atoms with van der Waals surface area (Å²) in [6.45, 7) is 10.1. The van der Waals surface area contributed by atoms with Crippen LogP contribution in [0.15, 0.2) is 83.4 Å². The number of rotatable bonds is 5. The van der Waals surface area contributed by atoms with Gasteiger partial charge in [-0.1, -0.05) is 75.4 Å². The number of benzene rings is 2. The van der Waals surface area contributed by atoms with E-state index in [2.05, 4.69) is 16.4 Å². The van der Waals surface area contributed by atoms with Crippen molar-refractivity contribution in [2.45, 2.75) is 41.2 Å². The van der Waals surface area contributed by atoms with Gasteiger partial charge in [0.05, 0.1) is 11.0 Å². The highest BCUT2D eigenvalue weighted by molar-refractivity contribution is 5.99. The molecule has 0 atom stereocenters. The average molecular weight is 491 g/mol. The van der Waals surface area contributed by atoms with Crippen LogP contribution in [0.25, 0.3) is 27.7 Å². The molecule has 1 amide bonds. The van der Waals surface area contributed by atoms with Gasteiger partial charge < -0.3 is 9.88 Å². The van der Waals surface area contributed by atoms with Crippen LogP contribution in [0.5, 0.6) is 0 Å². The number of hydrogen-bond acceptors (Lipinski definition) is 4. The molecule has 0 aliphatic heterocycles. The zero-order valence-electron chi connectivity index (χ0n) is 21.8. The van der Waals surface area contributed by atoms with Gasteiger partial charge in [0.2, 0.25) is 5.43 Å². The first-order valence-electron chi connectivity index (χ1n) is 12.3. The predicted molar refractivity (Wildman–Crippen MR) is 148 cm³/mol. The van der Waals surface area contributed by atoms with Crippen LogP contribution < -0.4 is 10.7 Å².